The van der Waals surface area contributed by atoms with E-state index in [1.54, 1.807) is 6.92 Å². The number of hydrogen-bond donors (Lipinski definition) is 1. The van der Waals surface area contributed by atoms with Crippen molar-refractivity contribution in [1.82, 2.24) is 14.5 Å². The van der Waals surface area contributed by atoms with E-state index in [0.717, 1.165) is 35.7 Å². The number of aromatic nitrogens is 2. The number of benzene rings is 1. The summed E-state index contributed by atoms with van der Waals surface area (Å²) in [5, 5.41) is 12.8. The first-order chi connectivity index (χ1) is 18.5. The van der Waals surface area contributed by atoms with Crippen molar-refractivity contribution in [2.24, 2.45) is 17.0 Å². The Kier molecular flexibility index (Phi) is 7.25. The molecule has 2 saturated carbocycles. The molecule has 0 amide bonds. The van der Waals surface area contributed by atoms with Gasteiger partial charge in [-0.05, 0) is 75.8 Å². The van der Waals surface area contributed by atoms with Crippen LogP contribution < -0.4 is 5.56 Å². The predicted molar refractivity (Wildman–Crippen MR) is 146 cm³/mol. The van der Waals surface area contributed by atoms with Crippen LogP contribution in [-0.4, -0.2) is 56.0 Å². The molecule has 6 rings (SSSR count). The van der Waals surface area contributed by atoms with Gasteiger partial charge in [-0.1, -0.05) is 49.4 Å². The molecule has 4 aliphatic rings. The van der Waals surface area contributed by atoms with Gasteiger partial charge in [0.2, 0.25) is 6.61 Å². The van der Waals surface area contributed by atoms with Gasteiger partial charge in [-0.3, -0.25) is 9.69 Å². The van der Waals surface area contributed by atoms with Gasteiger partial charge in [0.05, 0.1) is 11.0 Å². The van der Waals surface area contributed by atoms with Crippen LogP contribution in [0.5, 0.6) is 0 Å². The fraction of sp³-hybridized carbons (Fsp3) is 0.667. The normalized spacial score (nSPS) is 32.1. The minimum Gasteiger partial charge on any atom is -0.479 e. The molecule has 8 heteroatoms. The first kappa shape index (κ1) is 25.5. The molecule has 38 heavy (non-hydrogen) atoms. The van der Waals surface area contributed by atoms with Gasteiger partial charge in [-0.15, -0.1) is 0 Å². The molecule has 4 fully saturated rings. The highest BCUT2D eigenvalue weighted by Gasteiger charge is 2.45. The fourth-order valence-electron chi connectivity index (χ4n) is 8.29. The van der Waals surface area contributed by atoms with Gasteiger partial charge in [-0.2, -0.15) is 0 Å². The lowest BCUT2D eigenvalue weighted by molar-refractivity contribution is -0.142. The summed E-state index contributed by atoms with van der Waals surface area (Å²) in [7, 11) is 0. The van der Waals surface area contributed by atoms with Crippen LogP contribution in [0, 0.1) is 11.8 Å². The van der Waals surface area contributed by atoms with Gasteiger partial charge in [-0.25, -0.2) is 9.78 Å². The van der Waals surface area contributed by atoms with Crippen LogP contribution in [0.2, 0.25) is 0 Å². The maximum absolute atomic E-state index is 13.9. The minimum atomic E-state index is -1.11. The Morgan fingerprint density at radius 1 is 0.947 bits per heavy atom. The molecule has 2 saturated heterocycles. The van der Waals surface area contributed by atoms with Crippen molar-refractivity contribution in [1.29, 1.82) is 0 Å². The van der Waals surface area contributed by atoms with E-state index in [0.29, 0.717) is 23.8 Å². The number of carboxylic acid groups (broad SMARTS) is 1. The molecule has 2 unspecified atom stereocenters. The Balaban J connectivity index is 1.31. The molecule has 8 nitrogen and oxygen atoms in total. The number of aliphatic carboxylic acids is 1. The lowest BCUT2D eigenvalue weighted by Crippen LogP contribution is -2.58. The highest BCUT2D eigenvalue weighted by molar-refractivity contribution is 5.97. The second-order valence-corrected chi connectivity index (χ2v) is 12.2. The van der Waals surface area contributed by atoms with Crippen molar-refractivity contribution in [2.45, 2.75) is 108 Å². The Morgan fingerprint density at radius 2 is 1.63 bits per heavy atom. The van der Waals surface area contributed by atoms with Crippen molar-refractivity contribution in [3.8, 4) is 0 Å². The maximum Gasteiger partial charge on any atom is 0.344 e. The van der Waals surface area contributed by atoms with Crippen LogP contribution in [0.25, 0.3) is 11.0 Å². The third-order valence-corrected chi connectivity index (χ3v) is 9.67. The monoisotopic (exact) mass is 520 g/mol. The predicted octanol–water partition coefficient (Wildman–Crippen LogP) is 5.14. The number of oxime groups is 1. The number of nitrogens with zero attached hydrogens (tertiary/aromatic N) is 4. The molecule has 204 valence electrons. The summed E-state index contributed by atoms with van der Waals surface area (Å²) < 4.78 is 1.97. The van der Waals surface area contributed by atoms with Crippen LogP contribution in [0.4, 0.5) is 0 Å². The van der Waals surface area contributed by atoms with Crippen molar-refractivity contribution >= 4 is 22.7 Å². The van der Waals surface area contributed by atoms with E-state index in [2.05, 4.69) is 15.0 Å². The number of fused-ring (bicyclic) bond motifs is 5. The molecular formula is C30H40N4O4. The van der Waals surface area contributed by atoms with Crippen LogP contribution in [0.3, 0.4) is 0 Å². The second kappa shape index (κ2) is 10.8. The summed E-state index contributed by atoms with van der Waals surface area (Å²) in [5.74, 6) is 0.695. The first-order valence-electron chi connectivity index (χ1n) is 14.7. The standard InChI is InChI=1S/C30H40N4O4/c1-19(32-38-18-28(35)36)29-30(37)34(27-12-5-4-11-26(27)31-29)25-16-22-9-6-10-23(17-25)33(22)24-14-20-7-2-3-8-21(13-20)15-24/h4-5,11-12,20-25H,2-3,6-10,13-18H2,1H3,(H,35,36)/b32-19+/t20-,21+,22-,23+,24?,25?. The van der Waals surface area contributed by atoms with E-state index in [4.69, 9.17) is 9.94 Å². The van der Waals surface area contributed by atoms with Crippen LogP contribution in [-0.2, 0) is 9.63 Å². The zero-order chi connectivity index (χ0) is 26.2. The van der Waals surface area contributed by atoms with Gasteiger partial charge in [0.1, 0.15) is 5.71 Å². The maximum atomic E-state index is 13.9. The van der Waals surface area contributed by atoms with Gasteiger partial charge in [0, 0.05) is 24.2 Å². The molecule has 2 aromatic rings. The van der Waals surface area contributed by atoms with Crippen molar-refractivity contribution < 1.29 is 14.7 Å². The summed E-state index contributed by atoms with van der Waals surface area (Å²) in [5.41, 5.74) is 1.99. The molecule has 3 heterocycles. The zero-order valence-corrected chi connectivity index (χ0v) is 22.4. The third kappa shape index (κ3) is 4.99. The van der Waals surface area contributed by atoms with Gasteiger partial charge in [0.25, 0.3) is 5.56 Å². The average Bonchev–Trinajstić information content (AvgIpc) is 3.06. The highest BCUT2D eigenvalue weighted by Crippen LogP contribution is 2.46. The van der Waals surface area contributed by atoms with E-state index >= 15 is 0 Å². The topological polar surface area (TPSA) is 97.0 Å². The van der Waals surface area contributed by atoms with Crippen LogP contribution in [0.15, 0.2) is 34.2 Å². The van der Waals surface area contributed by atoms with Gasteiger partial charge in [0.15, 0.2) is 5.69 Å². The lowest BCUT2D eigenvalue weighted by atomic mass is 9.73. The molecule has 2 aliphatic carbocycles. The Hall–Kier alpha value is -2.74. The highest BCUT2D eigenvalue weighted by atomic mass is 16.6. The van der Waals surface area contributed by atoms with E-state index in [1.165, 1.54) is 64.2 Å². The van der Waals surface area contributed by atoms with Crippen molar-refractivity contribution in [3.63, 3.8) is 0 Å². The third-order valence-electron chi connectivity index (χ3n) is 9.67. The summed E-state index contributed by atoms with van der Waals surface area (Å²) in [6.07, 6.45) is 15.5. The van der Waals surface area contributed by atoms with E-state index in [-0.39, 0.29) is 17.3 Å². The molecule has 1 N–H and O–H groups in total. The number of hydrogen-bond acceptors (Lipinski definition) is 6. The molecule has 0 radical (unpaired) electrons. The summed E-state index contributed by atoms with van der Waals surface area (Å²) in [6.45, 7) is 1.11. The van der Waals surface area contributed by atoms with Crippen LogP contribution in [0.1, 0.15) is 95.7 Å². The molecule has 1 aromatic heterocycles. The molecule has 1 aromatic carbocycles. The number of rotatable bonds is 6. The number of carbonyl (C=O) groups is 1. The Labute approximate surface area is 224 Å². The molecule has 0 spiro atoms. The zero-order valence-electron chi connectivity index (χ0n) is 22.4. The summed E-state index contributed by atoms with van der Waals surface area (Å²) in [4.78, 5) is 37.3. The van der Waals surface area contributed by atoms with E-state index in [1.807, 2.05) is 28.8 Å². The lowest BCUT2D eigenvalue weighted by Gasteiger charge is -2.54. The van der Waals surface area contributed by atoms with Crippen molar-refractivity contribution in [2.75, 3.05) is 6.61 Å². The summed E-state index contributed by atoms with van der Waals surface area (Å²) >= 11 is 0. The molecule has 2 aliphatic heterocycles. The van der Waals surface area contributed by atoms with Crippen molar-refractivity contribution in [3.05, 3.63) is 40.3 Å². The minimum absolute atomic E-state index is 0.110. The Bertz CT molecular complexity index is 1240. The average molecular weight is 521 g/mol. The quantitative estimate of drug-likeness (QED) is 0.419. The van der Waals surface area contributed by atoms with E-state index < -0.39 is 12.6 Å². The summed E-state index contributed by atoms with van der Waals surface area (Å²) in [6, 6.07) is 9.68. The van der Waals surface area contributed by atoms with Gasteiger partial charge >= 0.3 is 5.97 Å². The Morgan fingerprint density at radius 3 is 2.32 bits per heavy atom. The fourth-order valence-corrected chi connectivity index (χ4v) is 8.29. The van der Waals surface area contributed by atoms with Gasteiger partial charge < -0.3 is 14.5 Å². The SMILES string of the molecule is C/C(=N\OCC(=O)O)c1nc2ccccc2n(C2C[C@H]3CCC[C@@H](C2)N3C2C[C@H]3CCCC[C@@H](C2)C3)c1=O. The molecule has 6 atom stereocenters. The van der Waals surface area contributed by atoms with E-state index in [9.17, 15) is 9.59 Å². The molecule has 4 bridgehead atoms. The smallest absolute Gasteiger partial charge is 0.344 e. The largest absolute Gasteiger partial charge is 0.479 e. The first-order valence-corrected chi connectivity index (χ1v) is 14.7. The second-order valence-electron chi connectivity index (χ2n) is 12.2. The molecular weight excluding hydrogens is 480 g/mol. The van der Waals surface area contributed by atoms with Crippen LogP contribution >= 0.6 is 0 Å². The number of piperidine rings is 2. The number of carboxylic acids is 1. The number of para-hydroxylation sites is 2.